The maximum atomic E-state index is 9.91. The Balaban J connectivity index is 0. The van der Waals surface area contributed by atoms with Crippen LogP contribution in [0.5, 0.6) is 0 Å². The molecule has 0 aromatic carbocycles. The van der Waals surface area contributed by atoms with Crippen LogP contribution in [0, 0.1) is 0 Å². The molecule has 0 fully saturated rings. The zero-order valence-corrected chi connectivity index (χ0v) is 3.92. The van der Waals surface area contributed by atoms with Crippen LogP contribution in [0.4, 0.5) is 0 Å². The first-order valence-electron chi connectivity index (χ1n) is 1.77. The number of carbonyl (C=O) groups excluding carboxylic acids is 1. The zero-order valence-electron chi connectivity index (χ0n) is 3.92. The summed E-state index contributed by atoms with van der Waals surface area (Å²) in [5, 5.41) is 8.27. The van der Waals surface area contributed by atoms with Gasteiger partial charge in [0.05, 0.1) is 0 Å². The van der Waals surface area contributed by atoms with E-state index in [0.717, 1.165) is 0 Å². The molecule has 1 unspecified atom stereocenters. The molecule has 0 bridgehead atoms. The Bertz CT molecular complexity index is 74.9. The molecule has 0 amide bonds. The molecule has 46 valence electrons. The van der Waals surface area contributed by atoms with Crippen molar-refractivity contribution in [1.82, 2.24) is 0 Å². The third-order valence-electron chi connectivity index (χ3n) is 0.457. The van der Waals surface area contributed by atoms with Gasteiger partial charge in [-0.3, -0.25) is 0 Å². The molecule has 0 aliphatic heterocycles. The summed E-state index contributed by atoms with van der Waals surface area (Å²) in [6.07, 6.45) is -1.12. The van der Waals surface area contributed by atoms with Crippen LogP contribution in [0.1, 0.15) is 6.92 Å². The van der Waals surface area contributed by atoms with Crippen molar-refractivity contribution in [1.29, 1.82) is 0 Å². The van der Waals surface area contributed by atoms with Crippen molar-refractivity contribution < 1.29 is 14.7 Å². The first-order valence-corrected chi connectivity index (χ1v) is 1.77. The van der Waals surface area contributed by atoms with E-state index in [9.17, 15) is 4.79 Å². The Labute approximate surface area is 76.9 Å². The van der Waals surface area contributed by atoms with Gasteiger partial charge in [0.25, 0.3) is 0 Å². The predicted molar refractivity (Wildman–Crippen MR) is 30.5 cm³/mol. The summed E-state index contributed by atoms with van der Waals surface area (Å²) in [4.78, 5) is 13.5. The standard InChI is InChI=1S/C3H7NO3.Ca.2H/c1-2(5)3(6)7-4;;;/h2,5H,4H2,1H3;;;. The number of hydrogen-bond donors (Lipinski definition) is 2. The van der Waals surface area contributed by atoms with Crippen molar-refractivity contribution in [3.05, 3.63) is 0 Å². The third kappa shape index (κ3) is 4.80. The molecule has 0 rings (SSSR count). The molecule has 0 spiro atoms. The van der Waals surface area contributed by atoms with Crippen LogP contribution in [0.15, 0.2) is 0 Å². The normalized spacial score (nSPS) is 11.4. The zero-order chi connectivity index (χ0) is 5.86. The van der Waals surface area contributed by atoms with Crippen molar-refractivity contribution in [2.75, 3.05) is 0 Å². The van der Waals surface area contributed by atoms with Gasteiger partial charge in [-0.2, -0.15) is 5.90 Å². The molecule has 0 aromatic heterocycles. The van der Waals surface area contributed by atoms with Crippen molar-refractivity contribution in [2.24, 2.45) is 5.90 Å². The number of aliphatic hydroxyl groups is 1. The number of nitrogens with two attached hydrogens (primary N) is 1. The summed E-state index contributed by atoms with van der Waals surface area (Å²) >= 11 is 0. The Morgan fingerprint density at radius 1 is 1.88 bits per heavy atom. The quantitative estimate of drug-likeness (QED) is 0.328. The van der Waals surface area contributed by atoms with Gasteiger partial charge in [0.15, 0.2) is 6.10 Å². The minimum atomic E-state index is -1.12. The Hall–Kier alpha value is 0.650. The van der Waals surface area contributed by atoms with E-state index in [1.807, 2.05) is 0 Å². The number of rotatable bonds is 1. The molecule has 8 heavy (non-hydrogen) atoms. The van der Waals surface area contributed by atoms with Crippen LogP contribution in [-0.2, 0) is 9.63 Å². The Morgan fingerprint density at radius 3 is 2.25 bits per heavy atom. The van der Waals surface area contributed by atoms with E-state index in [1.54, 1.807) is 0 Å². The monoisotopic (exact) mass is 147 g/mol. The molecule has 0 saturated carbocycles. The topological polar surface area (TPSA) is 72.5 Å². The summed E-state index contributed by atoms with van der Waals surface area (Å²) in [5.41, 5.74) is 0. The van der Waals surface area contributed by atoms with Crippen molar-refractivity contribution in [3.63, 3.8) is 0 Å². The predicted octanol–water partition coefficient (Wildman–Crippen LogP) is -2.13. The van der Waals surface area contributed by atoms with Gasteiger partial charge in [0, 0.05) is 0 Å². The van der Waals surface area contributed by atoms with Gasteiger partial charge >= 0.3 is 43.7 Å². The maximum absolute atomic E-state index is 9.91. The molecule has 0 aliphatic carbocycles. The molecule has 0 aromatic rings. The summed E-state index contributed by atoms with van der Waals surface area (Å²) in [7, 11) is 0. The molecular formula is C3H9CaNO3. The summed E-state index contributed by atoms with van der Waals surface area (Å²) in [5.74, 6) is 3.54. The fraction of sp³-hybridized carbons (Fsp3) is 0.667. The third-order valence-corrected chi connectivity index (χ3v) is 0.457. The van der Waals surface area contributed by atoms with Crippen molar-refractivity contribution in [2.45, 2.75) is 13.0 Å². The Kier molecular flexibility index (Phi) is 8.27. The number of hydrogen-bond acceptors (Lipinski definition) is 4. The summed E-state index contributed by atoms with van der Waals surface area (Å²) < 4.78 is 0. The van der Waals surface area contributed by atoms with E-state index < -0.39 is 12.1 Å². The number of carbonyl (C=O) groups is 1. The van der Waals surface area contributed by atoms with E-state index in [2.05, 4.69) is 10.7 Å². The average molecular weight is 147 g/mol. The van der Waals surface area contributed by atoms with Gasteiger partial charge in [-0.15, -0.1) is 0 Å². The second-order valence-electron chi connectivity index (χ2n) is 1.11. The molecule has 1 atom stereocenters. The SMILES string of the molecule is CC(O)C(=O)ON.[CaH2]. The molecular weight excluding hydrogens is 138 g/mol. The first kappa shape index (κ1) is 11.4. The fourth-order valence-corrected chi connectivity index (χ4v) is 0.0985. The molecule has 0 aliphatic rings. The molecule has 3 N–H and O–H groups in total. The van der Waals surface area contributed by atoms with Gasteiger partial charge in [-0.05, 0) is 6.92 Å². The molecule has 0 saturated heterocycles. The van der Waals surface area contributed by atoms with E-state index in [-0.39, 0.29) is 37.7 Å². The molecule has 5 heteroatoms. The average Bonchev–Trinajstić information content (AvgIpc) is 1.65. The van der Waals surface area contributed by atoms with Crippen LogP contribution >= 0.6 is 0 Å². The fourth-order valence-electron chi connectivity index (χ4n) is 0.0985. The van der Waals surface area contributed by atoms with Crippen LogP contribution < -0.4 is 5.90 Å². The van der Waals surface area contributed by atoms with Gasteiger partial charge < -0.3 is 9.94 Å². The summed E-state index contributed by atoms with van der Waals surface area (Å²) in [6, 6.07) is 0. The minimum absolute atomic E-state index is 0. The molecule has 0 radical (unpaired) electrons. The van der Waals surface area contributed by atoms with Gasteiger partial charge in [0.1, 0.15) is 0 Å². The second-order valence-corrected chi connectivity index (χ2v) is 1.11. The van der Waals surface area contributed by atoms with Crippen LogP contribution in [0.2, 0.25) is 0 Å². The van der Waals surface area contributed by atoms with Gasteiger partial charge in [0.2, 0.25) is 0 Å². The van der Waals surface area contributed by atoms with Crippen molar-refractivity contribution >= 4 is 43.7 Å². The van der Waals surface area contributed by atoms with Crippen LogP contribution in [0.25, 0.3) is 0 Å². The van der Waals surface area contributed by atoms with Gasteiger partial charge in [-0.1, -0.05) is 0 Å². The number of aliphatic hydroxyl groups excluding tert-OH is 1. The van der Waals surface area contributed by atoms with E-state index >= 15 is 0 Å². The van der Waals surface area contributed by atoms with E-state index in [0.29, 0.717) is 0 Å². The first-order chi connectivity index (χ1) is 3.18. The summed E-state index contributed by atoms with van der Waals surface area (Å²) in [6.45, 7) is 1.27. The second kappa shape index (κ2) is 5.78. The van der Waals surface area contributed by atoms with Crippen LogP contribution in [-0.4, -0.2) is 54.9 Å². The van der Waals surface area contributed by atoms with E-state index in [4.69, 9.17) is 5.11 Å². The molecule has 4 nitrogen and oxygen atoms in total. The van der Waals surface area contributed by atoms with Crippen LogP contribution in [0.3, 0.4) is 0 Å². The Morgan fingerprint density at radius 2 is 2.25 bits per heavy atom. The van der Waals surface area contributed by atoms with Gasteiger partial charge in [-0.25, -0.2) is 4.79 Å². The van der Waals surface area contributed by atoms with E-state index in [1.165, 1.54) is 6.92 Å². The molecule has 0 heterocycles. The van der Waals surface area contributed by atoms with Crippen molar-refractivity contribution in [3.8, 4) is 0 Å².